The number of rotatable bonds is 2. The average molecular weight is 341 g/mol. The minimum Gasteiger partial charge on any atom is -0.444 e. The highest BCUT2D eigenvalue weighted by atomic mass is 35.5. The number of aliphatic imine (C=N–C) groups is 1. The summed E-state index contributed by atoms with van der Waals surface area (Å²) in [4.78, 5) is 28.0. The summed E-state index contributed by atoms with van der Waals surface area (Å²) in [6.45, 7) is 5.82. The average Bonchev–Trinajstić information content (AvgIpc) is 2.85. The first-order valence-corrected chi connectivity index (χ1v) is 7.59. The molecule has 0 aliphatic carbocycles. The summed E-state index contributed by atoms with van der Waals surface area (Å²) in [6.07, 6.45) is 1.03. The van der Waals surface area contributed by atoms with Gasteiger partial charge in [0.2, 0.25) is 6.08 Å². The van der Waals surface area contributed by atoms with E-state index in [9.17, 15) is 14.0 Å². The topological polar surface area (TPSA) is 59.0 Å². The van der Waals surface area contributed by atoms with E-state index in [1.807, 2.05) is 0 Å². The Morgan fingerprint density at radius 2 is 2.13 bits per heavy atom. The van der Waals surface area contributed by atoms with Gasteiger partial charge in [0.1, 0.15) is 11.4 Å². The number of isocyanates is 1. The van der Waals surface area contributed by atoms with E-state index in [4.69, 9.17) is 16.3 Å². The van der Waals surface area contributed by atoms with Crippen molar-refractivity contribution in [3.8, 4) is 0 Å². The van der Waals surface area contributed by atoms with Crippen molar-refractivity contribution in [3.05, 3.63) is 34.6 Å². The van der Waals surface area contributed by atoms with Gasteiger partial charge in [-0.2, -0.15) is 4.99 Å². The summed E-state index contributed by atoms with van der Waals surface area (Å²) >= 11 is 5.69. The van der Waals surface area contributed by atoms with Crippen LogP contribution in [-0.4, -0.2) is 41.8 Å². The third kappa shape index (κ3) is 4.30. The summed E-state index contributed by atoms with van der Waals surface area (Å²) < 4.78 is 19.0. The van der Waals surface area contributed by atoms with Gasteiger partial charge in [0, 0.05) is 19.0 Å². The number of ether oxygens (including phenoxy) is 1. The highest BCUT2D eigenvalue weighted by molar-refractivity contribution is 6.30. The van der Waals surface area contributed by atoms with Gasteiger partial charge in [-0.05, 0) is 38.5 Å². The predicted octanol–water partition coefficient (Wildman–Crippen LogP) is 3.52. The van der Waals surface area contributed by atoms with Crippen molar-refractivity contribution in [1.29, 1.82) is 0 Å². The SMILES string of the molecule is CC(C)(C)OC(=O)N1C[C@@H](N=C=O)[C@H](c2ccc(Cl)c(F)c2)C1. The van der Waals surface area contributed by atoms with Gasteiger partial charge in [0.05, 0.1) is 11.1 Å². The molecule has 0 spiro atoms. The van der Waals surface area contributed by atoms with E-state index >= 15 is 0 Å². The second kappa shape index (κ2) is 6.69. The van der Waals surface area contributed by atoms with Gasteiger partial charge >= 0.3 is 6.09 Å². The maximum Gasteiger partial charge on any atom is 0.410 e. The Kier molecular flexibility index (Phi) is 5.07. The molecule has 2 atom stereocenters. The van der Waals surface area contributed by atoms with Crippen molar-refractivity contribution in [2.24, 2.45) is 4.99 Å². The monoisotopic (exact) mass is 340 g/mol. The van der Waals surface area contributed by atoms with Crippen LogP contribution in [0.3, 0.4) is 0 Å². The molecule has 1 aliphatic heterocycles. The summed E-state index contributed by atoms with van der Waals surface area (Å²) in [6, 6.07) is 3.94. The lowest BCUT2D eigenvalue weighted by Crippen LogP contribution is -2.35. The molecule has 124 valence electrons. The normalized spacial score (nSPS) is 21.0. The highest BCUT2D eigenvalue weighted by Crippen LogP contribution is 2.32. The third-order valence-corrected chi connectivity index (χ3v) is 3.84. The number of hydrogen-bond donors (Lipinski definition) is 0. The van der Waals surface area contributed by atoms with E-state index < -0.39 is 23.6 Å². The zero-order valence-corrected chi connectivity index (χ0v) is 13.9. The quantitative estimate of drug-likeness (QED) is 0.611. The lowest BCUT2D eigenvalue weighted by molar-refractivity contribution is 0.0290. The molecule has 1 aliphatic rings. The molecule has 1 fully saturated rings. The molecular weight excluding hydrogens is 323 g/mol. The van der Waals surface area contributed by atoms with Crippen molar-refractivity contribution in [2.75, 3.05) is 13.1 Å². The van der Waals surface area contributed by atoms with Gasteiger partial charge in [0.15, 0.2) is 0 Å². The zero-order chi connectivity index (χ0) is 17.2. The van der Waals surface area contributed by atoms with Crippen LogP contribution in [0.2, 0.25) is 5.02 Å². The largest absolute Gasteiger partial charge is 0.444 e. The summed E-state index contributed by atoms with van der Waals surface area (Å²) in [7, 11) is 0. The maximum atomic E-state index is 13.7. The standard InChI is InChI=1S/C16H18ClFN2O3/c1-16(2,3)23-15(22)20-7-11(14(8-20)19-9-21)10-4-5-12(17)13(18)6-10/h4-6,11,14H,7-8H2,1-3H3/t11-,14+/m0/s1. The summed E-state index contributed by atoms with van der Waals surface area (Å²) in [5.41, 5.74) is 0.00675. The molecule has 2 rings (SSSR count). The number of amides is 1. The molecule has 23 heavy (non-hydrogen) atoms. The van der Waals surface area contributed by atoms with Crippen LogP contribution >= 0.6 is 11.6 Å². The molecule has 1 aromatic carbocycles. The number of halogens is 2. The summed E-state index contributed by atoms with van der Waals surface area (Å²) in [5, 5.41) is 0.0196. The van der Waals surface area contributed by atoms with E-state index in [0.29, 0.717) is 5.56 Å². The molecule has 0 saturated carbocycles. The Balaban J connectivity index is 2.23. The fourth-order valence-electron chi connectivity index (χ4n) is 2.53. The van der Waals surface area contributed by atoms with Crippen LogP contribution in [0, 0.1) is 5.82 Å². The Morgan fingerprint density at radius 3 is 2.70 bits per heavy atom. The molecule has 1 aromatic rings. The van der Waals surface area contributed by atoms with Crippen LogP contribution in [0.1, 0.15) is 32.3 Å². The van der Waals surface area contributed by atoms with Crippen LogP contribution in [0.5, 0.6) is 0 Å². The molecule has 1 heterocycles. The number of carbonyl (C=O) groups excluding carboxylic acids is 2. The molecule has 7 heteroatoms. The van der Waals surface area contributed by atoms with Gasteiger partial charge in [-0.1, -0.05) is 17.7 Å². The van der Waals surface area contributed by atoms with Gasteiger partial charge in [-0.3, -0.25) is 0 Å². The van der Waals surface area contributed by atoms with E-state index in [-0.39, 0.29) is 24.0 Å². The van der Waals surface area contributed by atoms with Gasteiger partial charge in [-0.25, -0.2) is 14.0 Å². The smallest absolute Gasteiger partial charge is 0.410 e. The molecular formula is C16H18ClFN2O3. The van der Waals surface area contributed by atoms with Gasteiger partial charge in [0.25, 0.3) is 0 Å². The van der Waals surface area contributed by atoms with E-state index in [1.54, 1.807) is 26.8 Å². The Bertz CT molecular complexity index is 653. The van der Waals surface area contributed by atoms with Crippen LogP contribution in [0.4, 0.5) is 9.18 Å². The van der Waals surface area contributed by atoms with E-state index in [2.05, 4.69) is 4.99 Å². The molecule has 1 amide bonds. The number of carbonyl (C=O) groups is 1. The minimum absolute atomic E-state index is 0.0196. The number of nitrogens with zero attached hydrogens (tertiary/aromatic N) is 2. The molecule has 0 radical (unpaired) electrons. The predicted molar refractivity (Wildman–Crippen MR) is 83.9 cm³/mol. The zero-order valence-electron chi connectivity index (χ0n) is 13.2. The van der Waals surface area contributed by atoms with Crippen LogP contribution in [0.15, 0.2) is 23.2 Å². The first-order valence-electron chi connectivity index (χ1n) is 7.21. The molecule has 0 aromatic heterocycles. The second-order valence-electron chi connectivity index (χ2n) is 6.45. The van der Waals surface area contributed by atoms with Crippen molar-refractivity contribution in [1.82, 2.24) is 4.90 Å². The van der Waals surface area contributed by atoms with Crippen LogP contribution in [-0.2, 0) is 9.53 Å². The van der Waals surface area contributed by atoms with Crippen molar-refractivity contribution in [3.63, 3.8) is 0 Å². The first-order chi connectivity index (χ1) is 10.7. The minimum atomic E-state index is -0.620. The van der Waals surface area contributed by atoms with Crippen molar-refractivity contribution >= 4 is 23.8 Å². The molecule has 1 saturated heterocycles. The Labute approximate surface area is 139 Å². The lowest BCUT2D eigenvalue weighted by Gasteiger charge is -2.24. The molecule has 0 unspecified atom stereocenters. The van der Waals surface area contributed by atoms with Gasteiger partial charge < -0.3 is 9.64 Å². The Hall–Kier alpha value is -1.91. The lowest BCUT2D eigenvalue weighted by atomic mass is 9.95. The first kappa shape index (κ1) is 17.4. The number of benzene rings is 1. The van der Waals surface area contributed by atoms with Gasteiger partial charge in [-0.15, -0.1) is 0 Å². The molecule has 0 N–H and O–H groups in total. The van der Waals surface area contributed by atoms with Crippen molar-refractivity contribution < 1.29 is 18.7 Å². The molecule has 0 bridgehead atoms. The van der Waals surface area contributed by atoms with Crippen molar-refractivity contribution in [2.45, 2.75) is 38.3 Å². The highest BCUT2D eigenvalue weighted by Gasteiger charge is 2.38. The molecule has 5 nitrogen and oxygen atoms in total. The number of likely N-dealkylation sites (tertiary alicyclic amines) is 1. The van der Waals surface area contributed by atoms with Crippen LogP contribution in [0.25, 0.3) is 0 Å². The fourth-order valence-corrected chi connectivity index (χ4v) is 2.65. The summed E-state index contributed by atoms with van der Waals surface area (Å²) in [5.74, 6) is -0.857. The van der Waals surface area contributed by atoms with E-state index in [0.717, 1.165) is 0 Å². The maximum absolute atomic E-state index is 13.7. The fraction of sp³-hybridized carbons (Fsp3) is 0.500. The van der Waals surface area contributed by atoms with Crippen LogP contribution < -0.4 is 0 Å². The number of hydrogen-bond acceptors (Lipinski definition) is 4. The third-order valence-electron chi connectivity index (χ3n) is 3.53. The van der Waals surface area contributed by atoms with E-state index in [1.165, 1.54) is 23.1 Å². The Morgan fingerprint density at radius 1 is 1.43 bits per heavy atom. The second-order valence-corrected chi connectivity index (χ2v) is 6.86.